The van der Waals surface area contributed by atoms with Crippen molar-refractivity contribution in [3.63, 3.8) is 0 Å². The largest absolute Gasteiger partial charge is 0.462 e. The molecule has 0 spiro atoms. The quantitative estimate of drug-likeness (QED) is 0.516. The fourth-order valence-electron chi connectivity index (χ4n) is 2.58. The van der Waals surface area contributed by atoms with E-state index < -0.39 is 11.9 Å². The number of carbonyl (C=O) groups excluding carboxylic acids is 2. The number of esters is 1. The lowest BCUT2D eigenvalue weighted by atomic mass is 10.1. The highest BCUT2D eigenvalue weighted by atomic mass is 35.5. The third kappa shape index (κ3) is 4.06. The number of benzene rings is 1. The molecule has 0 atom stereocenters. The molecule has 0 fully saturated rings. The first-order valence-corrected chi connectivity index (χ1v) is 9.98. The minimum absolute atomic E-state index is 0.250. The molecule has 2 heterocycles. The van der Waals surface area contributed by atoms with Crippen molar-refractivity contribution < 1.29 is 14.3 Å². The van der Waals surface area contributed by atoms with E-state index in [1.54, 1.807) is 31.2 Å². The first-order valence-electron chi connectivity index (χ1n) is 8.41. The van der Waals surface area contributed by atoms with Gasteiger partial charge in [0, 0.05) is 10.4 Å². The first-order chi connectivity index (χ1) is 13.3. The Kier molecular flexibility index (Phi) is 6.07. The number of aromatic nitrogens is 2. The molecule has 3 aromatic rings. The molecule has 0 radical (unpaired) electrons. The molecule has 0 unspecified atom stereocenters. The van der Waals surface area contributed by atoms with E-state index in [2.05, 4.69) is 15.5 Å². The number of thiophene rings is 1. The molecule has 0 saturated heterocycles. The Morgan fingerprint density at radius 1 is 1.21 bits per heavy atom. The molecule has 2 N–H and O–H groups in total. The summed E-state index contributed by atoms with van der Waals surface area (Å²) in [7, 11) is 0. The number of hydrogen-bond acceptors (Lipinski definition) is 5. The van der Waals surface area contributed by atoms with Crippen molar-refractivity contribution in [1.82, 2.24) is 10.2 Å². The summed E-state index contributed by atoms with van der Waals surface area (Å²) in [4.78, 5) is 25.8. The van der Waals surface area contributed by atoms with Crippen LogP contribution in [0.4, 0.5) is 5.00 Å². The van der Waals surface area contributed by atoms with Crippen LogP contribution in [0.1, 0.15) is 38.2 Å². The molecular formula is C19H17Cl2N3O3S. The lowest BCUT2D eigenvalue weighted by Crippen LogP contribution is -2.15. The van der Waals surface area contributed by atoms with Gasteiger partial charge in [-0.3, -0.25) is 9.89 Å². The van der Waals surface area contributed by atoms with Crippen LogP contribution in [0.25, 0.3) is 11.3 Å². The van der Waals surface area contributed by atoms with Crippen molar-refractivity contribution in [2.24, 2.45) is 0 Å². The highest BCUT2D eigenvalue weighted by molar-refractivity contribution is 7.16. The molecule has 9 heteroatoms. The fourth-order valence-corrected chi connectivity index (χ4v) is 3.92. The molecule has 0 aliphatic carbocycles. The summed E-state index contributed by atoms with van der Waals surface area (Å²) >= 11 is 13.3. The van der Waals surface area contributed by atoms with Crippen molar-refractivity contribution in [2.45, 2.75) is 20.8 Å². The highest BCUT2D eigenvalue weighted by Crippen LogP contribution is 2.33. The molecule has 3 rings (SSSR count). The Balaban J connectivity index is 1.85. The van der Waals surface area contributed by atoms with Gasteiger partial charge >= 0.3 is 5.97 Å². The number of amides is 1. The van der Waals surface area contributed by atoms with Crippen LogP contribution in [0.2, 0.25) is 10.0 Å². The van der Waals surface area contributed by atoms with Crippen LogP contribution >= 0.6 is 34.5 Å². The minimum Gasteiger partial charge on any atom is -0.462 e. The van der Waals surface area contributed by atoms with Crippen LogP contribution in [0, 0.1) is 13.8 Å². The second kappa shape index (κ2) is 8.34. The van der Waals surface area contributed by atoms with Crippen molar-refractivity contribution in [2.75, 3.05) is 11.9 Å². The van der Waals surface area contributed by atoms with E-state index in [1.165, 1.54) is 11.3 Å². The number of aromatic amines is 1. The SMILES string of the molecule is CCOC(=O)c1c(NC(=O)c2cc(-c3ccc(Cl)c(Cl)c3)n[nH]2)sc(C)c1C. The predicted molar refractivity (Wildman–Crippen MR) is 112 cm³/mol. The maximum absolute atomic E-state index is 12.7. The second-order valence-electron chi connectivity index (χ2n) is 5.96. The van der Waals surface area contributed by atoms with Crippen LogP contribution in [-0.2, 0) is 4.74 Å². The summed E-state index contributed by atoms with van der Waals surface area (Å²) < 4.78 is 5.11. The van der Waals surface area contributed by atoms with Gasteiger partial charge in [0.05, 0.1) is 27.9 Å². The number of nitrogens with zero attached hydrogens (tertiary/aromatic N) is 1. The number of aryl methyl sites for hydroxylation is 1. The Labute approximate surface area is 175 Å². The number of anilines is 1. The van der Waals surface area contributed by atoms with E-state index in [0.29, 0.717) is 26.3 Å². The van der Waals surface area contributed by atoms with Crippen molar-refractivity contribution in [3.8, 4) is 11.3 Å². The van der Waals surface area contributed by atoms with E-state index in [1.807, 2.05) is 13.8 Å². The van der Waals surface area contributed by atoms with Crippen LogP contribution in [-0.4, -0.2) is 28.7 Å². The van der Waals surface area contributed by atoms with Crippen LogP contribution in [0.5, 0.6) is 0 Å². The van der Waals surface area contributed by atoms with Gasteiger partial charge < -0.3 is 10.1 Å². The Bertz CT molecular complexity index is 1060. The molecule has 0 aliphatic heterocycles. The van der Waals surface area contributed by atoms with E-state index in [4.69, 9.17) is 27.9 Å². The van der Waals surface area contributed by atoms with Gasteiger partial charge in [0.2, 0.25) is 0 Å². The molecule has 1 amide bonds. The number of ether oxygens (including phenoxy) is 1. The zero-order valence-corrected chi connectivity index (χ0v) is 17.7. The average molecular weight is 438 g/mol. The summed E-state index contributed by atoms with van der Waals surface area (Å²) in [5, 5.41) is 10.9. The van der Waals surface area contributed by atoms with Gasteiger partial charge in [-0.05, 0) is 44.5 Å². The van der Waals surface area contributed by atoms with Crippen molar-refractivity contribution >= 4 is 51.4 Å². The predicted octanol–water partition coefficient (Wildman–Crippen LogP) is 5.49. The number of hydrogen-bond donors (Lipinski definition) is 2. The van der Waals surface area contributed by atoms with Gasteiger partial charge in [0.1, 0.15) is 10.7 Å². The average Bonchev–Trinajstić information content (AvgIpc) is 3.23. The lowest BCUT2D eigenvalue weighted by Gasteiger charge is -2.06. The van der Waals surface area contributed by atoms with E-state index in [0.717, 1.165) is 16.0 Å². The molecule has 2 aromatic heterocycles. The Hall–Kier alpha value is -2.35. The smallest absolute Gasteiger partial charge is 0.341 e. The second-order valence-corrected chi connectivity index (χ2v) is 8.00. The lowest BCUT2D eigenvalue weighted by molar-refractivity contribution is 0.0527. The number of nitrogens with one attached hydrogen (secondary N) is 2. The molecule has 6 nitrogen and oxygen atoms in total. The molecule has 0 aliphatic rings. The summed E-state index contributed by atoms with van der Waals surface area (Å²) in [5.41, 5.74) is 2.69. The molecule has 28 heavy (non-hydrogen) atoms. The normalized spacial score (nSPS) is 10.8. The Morgan fingerprint density at radius 3 is 2.64 bits per heavy atom. The van der Waals surface area contributed by atoms with Crippen molar-refractivity contribution in [3.05, 3.63) is 56.0 Å². The van der Waals surface area contributed by atoms with Gasteiger partial charge in [-0.25, -0.2) is 4.79 Å². The van der Waals surface area contributed by atoms with Crippen molar-refractivity contribution in [1.29, 1.82) is 0 Å². The molecule has 0 bridgehead atoms. The third-order valence-corrected chi connectivity index (χ3v) is 5.99. The van der Waals surface area contributed by atoms with E-state index in [-0.39, 0.29) is 12.3 Å². The summed E-state index contributed by atoms with van der Waals surface area (Å²) in [6, 6.07) is 6.70. The molecule has 0 saturated carbocycles. The van der Waals surface area contributed by atoms with Gasteiger partial charge in [0.15, 0.2) is 0 Å². The Morgan fingerprint density at radius 2 is 1.96 bits per heavy atom. The van der Waals surface area contributed by atoms with E-state index >= 15 is 0 Å². The zero-order chi connectivity index (χ0) is 20.4. The fraction of sp³-hybridized carbons (Fsp3) is 0.211. The molecular weight excluding hydrogens is 421 g/mol. The van der Waals surface area contributed by atoms with E-state index in [9.17, 15) is 9.59 Å². The third-order valence-electron chi connectivity index (χ3n) is 4.13. The molecule has 1 aromatic carbocycles. The summed E-state index contributed by atoms with van der Waals surface area (Å²) in [6.45, 7) is 5.71. The number of rotatable bonds is 5. The van der Waals surface area contributed by atoms with Gasteiger partial charge in [0.25, 0.3) is 5.91 Å². The zero-order valence-electron chi connectivity index (χ0n) is 15.4. The number of carbonyl (C=O) groups is 2. The minimum atomic E-state index is -0.458. The van der Waals surface area contributed by atoms with Crippen LogP contribution in [0.15, 0.2) is 24.3 Å². The van der Waals surface area contributed by atoms with Crippen LogP contribution in [0.3, 0.4) is 0 Å². The standard InChI is InChI=1S/C19H17Cl2N3O3S/c1-4-27-19(26)16-9(2)10(3)28-18(16)22-17(25)15-8-14(23-24-15)11-5-6-12(20)13(21)7-11/h5-8H,4H2,1-3H3,(H,22,25)(H,23,24). The first kappa shape index (κ1) is 20.4. The molecule has 146 valence electrons. The van der Waals surface area contributed by atoms with Gasteiger partial charge in [-0.1, -0.05) is 29.3 Å². The number of H-pyrrole nitrogens is 1. The van der Waals surface area contributed by atoms with Gasteiger partial charge in [-0.2, -0.15) is 5.10 Å². The number of halogens is 2. The van der Waals surface area contributed by atoms with Crippen LogP contribution < -0.4 is 5.32 Å². The maximum atomic E-state index is 12.7. The van der Waals surface area contributed by atoms with Gasteiger partial charge in [-0.15, -0.1) is 11.3 Å². The monoisotopic (exact) mass is 437 g/mol. The maximum Gasteiger partial charge on any atom is 0.341 e. The summed E-state index contributed by atoms with van der Waals surface area (Å²) in [5.74, 6) is -0.869. The highest BCUT2D eigenvalue weighted by Gasteiger charge is 2.23. The topological polar surface area (TPSA) is 84.1 Å². The summed E-state index contributed by atoms with van der Waals surface area (Å²) in [6.07, 6.45) is 0.